The number of hydrogen-bond acceptors (Lipinski definition) is 4. The van der Waals surface area contributed by atoms with E-state index in [0.29, 0.717) is 16.3 Å². The lowest BCUT2D eigenvalue weighted by Crippen LogP contribution is -2.32. The number of fused-ring (bicyclic) bond motifs is 5. The van der Waals surface area contributed by atoms with Gasteiger partial charge in [-0.25, -0.2) is 4.79 Å². The van der Waals surface area contributed by atoms with E-state index in [9.17, 15) is 14.4 Å². The van der Waals surface area contributed by atoms with Gasteiger partial charge in [-0.15, -0.1) is 0 Å². The number of halogens is 1. The van der Waals surface area contributed by atoms with Gasteiger partial charge in [-0.05, 0) is 67.1 Å². The van der Waals surface area contributed by atoms with Crippen molar-refractivity contribution >= 4 is 35.1 Å². The molecule has 2 bridgehead atoms. The highest BCUT2D eigenvalue weighted by atomic mass is 35.5. The van der Waals surface area contributed by atoms with E-state index < -0.39 is 5.97 Å². The summed E-state index contributed by atoms with van der Waals surface area (Å²) in [5.41, 5.74) is 2.93. The van der Waals surface area contributed by atoms with Crippen molar-refractivity contribution in [1.82, 2.24) is 0 Å². The number of imide groups is 1. The second-order valence-corrected chi connectivity index (χ2v) is 8.67. The molecule has 0 unspecified atom stereocenters. The number of carbonyl (C=O) groups excluding carboxylic acids is 3. The maximum atomic E-state index is 13.0. The molecule has 3 aliphatic rings. The van der Waals surface area contributed by atoms with Crippen molar-refractivity contribution < 1.29 is 19.1 Å². The second-order valence-electron chi connectivity index (χ2n) is 8.23. The van der Waals surface area contributed by atoms with E-state index in [1.807, 2.05) is 6.92 Å². The molecule has 30 heavy (non-hydrogen) atoms. The van der Waals surface area contributed by atoms with Gasteiger partial charge in [0.2, 0.25) is 11.8 Å². The van der Waals surface area contributed by atoms with Crippen molar-refractivity contribution in [3.63, 3.8) is 0 Å². The van der Waals surface area contributed by atoms with Crippen LogP contribution in [-0.4, -0.2) is 17.8 Å². The maximum Gasteiger partial charge on any atom is 0.338 e. The normalized spacial score (nSPS) is 26.7. The van der Waals surface area contributed by atoms with Crippen molar-refractivity contribution in [2.45, 2.75) is 20.0 Å². The van der Waals surface area contributed by atoms with E-state index in [1.54, 1.807) is 48.5 Å². The van der Waals surface area contributed by atoms with Gasteiger partial charge in [-0.3, -0.25) is 14.5 Å². The molecule has 1 aliphatic heterocycles. The third-order valence-corrected chi connectivity index (χ3v) is 6.78. The lowest BCUT2D eigenvalue weighted by molar-refractivity contribution is -0.123. The first-order chi connectivity index (χ1) is 14.4. The van der Waals surface area contributed by atoms with Gasteiger partial charge in [0.25, 0.3) is 0 Å². The highest BCUT2D eigenvalue weighted by Crippen LogP contribution is 2.55. The minimum absolute atomic E-state index is 0.122. The molecule has 4 atom stereocenters. The number of allylic oxidation sites excluding steroid dienone is 2. The first-order valence-corrected chi connectivity index (χ1v) is 10.4. The summed E-state index contributed by atoms with van der Waals surface area (Å²) in [5, 5.41) is 0.620. The predicted molar refractivity (Wildman–Crippen MR) is 112 cm³/mol. The second kappa shape index (κ2) is 7.10. The summed E-state index contributed by atoms with van der Waals surface area (Å²) in [6, 6.07) is 13.5. The monoisotopic (exact) mass is 421 g/mol. The van der Waals surface area contributed by atoms with Crippen LogP contribution >= 0.6 is 11.6 Å². The van der Waals surface area contributed by atoms with Gasteiger partial charge in [0, 0.05) is 5.02 Å². The van der Waals surface area contributed by atoms with Crippen molar-refractivity contribution in [2.24, 2.45) is 23.7 Å². The van der Waals surface area contributed by atoms with Crippen LogP contribution in [0.2, 0.25) is 5.02 Å². The summed E-state index contributed by atoms with van der Waals surface area (Å²) in [6.45, 7) is 2.19. The Balaban J connectivity index is 1.28. The predicted octanol–water partition coefficient (Wildman–Crippen LogP) is 4.40. The molecule has 1 heterocycles. The standard InChI is InChI=1S/C24H20ClNO4/c1-13-10-16-11-19(13)21-20(16)22(27)26(23(21)28)18-8-4-15(5-9-18)24(29)30-12-14-2-6-17(25)7-3-14/h2-10,16,19-21H,11-12H2,1H3/t16-,19+,20+,21+/m0/s1. The van der Waals surface area contributed by atoms with Crippen molar-refractivity contribution in [3.05, 3.63) is 76.3 Å². The topological polar surface area (TPSA) is 63.7 Å². The Hall–Kier alpha value is -2.92. The number of rotatable bonds is 4. The van der Waals surface area contributed by atoms with E-state index in [0.717, 1.165) is 12.0 Å². The third-order valence-electron chi connectivity index (χ3n) is 6.53. The molecule has 2 aromatic carbocycles. The summed E-state index contributed by atoms with van der Waals surface area (Å²) in [5.74, 6) is -0.841. The Labute approximate surface area is 179 Å². The molecule has 152 valence electrons. The van der Waals surface area contributed by atoms with Crippen LogP contribution in [0.5, 0.6) is 0 Å². The minimum atomic E-state index is -0.467. The molecule has 6 heteroatoms. The number of hydrogen-bond donors (Lipinski definition) is 0. The molecular formula is C24H20ClNO4. The smallest absolute Gasteiger partial charge is 0.338 e. The van der Waals surface area contributed by atoms with Crippen LogP contribution < -0.4 is 4.90 Å². The van der Waals surface area contributed by atoms with Gasteiger partial charge in [-0.2, -0.15) is 0 Å². The fourth-order valence-corrected chi connectivity index (χ4v) is 5.21. The molecule has 0 aromatic heterocycles. The largest absolute Gasteiger partial charge is 0.457 e. The van der Waals surface area contributed by atoms with Gasteiger partial charge in [0.15, 0.2) is 0 Å². The lowest BCUT2D eigenvalue weighted by atomic mass is 9.82. The average molecular weight is 422 g/mol. The summed E-state index contributed by atoms with van der Waals surface area (Å²) in [6.07, 6.45) is 3.06. The number of nitrogens with zero attached hydrogens (tertiary/aromatic N) is 1. The number of carbonyl (C=O) groups is 3. The van der Waals surface area contributed by atoms with Gasteiger partial charge in [0.05, 0.1) is 23.1 Å². The van der Waals surface area contributed by atoms with Crippen LogP contribution in [0.1, 0.15) is 29.3 Å². The van der Waals surface area contributed by atoms with Crippen LogP contribution in [0.25, 0.3) is 0 Å². The van der Waals surface area contributed by atoms with E-state index in [2.05, 4.69) is 6.08 Å². The van der Waals surface area contributed by atoms with Crippen molar-refractivity contribution in [3.8, 4) is 0 Å². The van der Waals surface area contributed by atoms with Crippen LogP contribution in [0.15, 0.2) is 60.2 Å². The Morgan fingerprint density at radius 2 is 1.70 bits per heavy atom. The summed E-state index contributed by atoms with van der Waals surface area (Å²) in [7, 11) is 0. The van der Waals surface area contributed by atoms with Crippen molar-refractivity contribution in [1.29, 1.82) is 0 Å². The quantitative estimate of drug-likeness (QED) is 0.417. The molecular weight excluding hydrogens is 402 g/mol. The van der Waals surface area contributed by atoms with Crippen LogP contribution in [-0.2, 0) is 20.9 Å². The van der Waals surface area contributed by atoms with Crippen LogP contribution in [0.4, 0.5) is 5.69 Å². The SMILES string of the molecule is CC1=C[C@H]2C[C@H]1[C@H]1C(=O)N(c3ccc(C(=O)OCc4ccc(Cl)cc4)cc3)C(=O)[C@@H]12. The molecule has 5 rings (SSSR count). The Kier molecular flexibility index (Phi) is 4.51. The zero-order chi connectivity index (χ0) is 21.0. The number of benzene rings is 2. The highest BCUT2D eigenvalue weighted by Gasteiger charge is 2.60. The zero-order valence-corrected chi connectivity index (χ0v) is 17.1. The fourth-order valence-electron chi connectivity index (χ4n) is 5.09. The maximum absolute atomic E-state index is 13.0. The molecule has 2 amide bonds. The van der Waals surface area contributed by atoms with Crippen molar-refractivity contribution in [2.75, 3.05) is 4.90 Å². The highest BCUT2D eigenvalue weighted by molar-refractivity contribution is 6.30. The molecule has 0 N–H and O–H groups in total. The Morgan fingerprint density at radius 1 is 1.03 bits per heavy atom. The first-order valence-electron chi connectivity index (χ1n) is 10.0. The van der Waals surface area contributed by atoms with Crippen LogP contribution in [0.3, 0.4) is 0 Å². The summed E-state index contributed by atoms with van der Waals surface area (Å²) in [4.78, 5) is 39.6. The van der Waals surface area contributed by atoms with Crippen LogP contribution in [0, 0.1) is 23.7 Å². The fraction of sp³-hybridized carbons (Fsp3) is 0.292. The van der Waals surface area contributed by atoms with E-state index in [1.165, 1.54) is 10.5 Å². The first kappa shape index (κ1) is 19.1. The molecule has 5 nitrogen and oxygen atoms in total. The number of amides is 2. The molecule has 1 saturated carbocycles. The summed E-state index contributed by atoms with van der Waals surface area (Å²) >= 11 is 5.85. The number of esters is 1. The molecule has 2 aliphatic carbocycles. The third kappa shape index (κ3) is 2.96. The molecule has 2 fully saturated rings. The van der Waals surface area contributed by atoms with E-state index >= 15 is 0 Å². The minimum Gasteiger partial charge on any atom is -0.457 e. The lowest BCUT2D eigenvalue weighted by Gasteiger charge is -2.19. The Morgan fingerprint density at radius 3 is 2.40 bits per heavy atom. The molecule has 0 spiro atoms. The zero-order valence-electron chi connectivity index (χ0n) is 16.4. The average Bonchev–Trinajstić information content (AvgIpc) is 3.38. The van der Waals surface area contributed by atoms with Gasteiger partial charge in [0.1, 0.15) is 6.61 Å². The van der Waals surface area contributed by atoms with Gasteiger partial charge >= 0.3 is 5.97 Å². The van der Waals surface area contributed by atoms with Gasteiger partial charge < -0.3 is 4.74 Å². The Bertz CT molecular complexity index is 1070. The number of ether oxygens (including phenoxy) is 1. The van der Waals surface area contributed by atoms with E-state index in [4.69, 9.17) is 16.3 Å². The van der Waals surface area contributed by atoms with Gasteiger partial charge in [-0.1, -0.05) is 35.4 Å². The number of anilines is 1. The van der Waals surface area contributed by atoms with E-state index in [-0.39, 0.29) is 42.1 Å². The summed E-state index contributed by atoms with van der Waals surface area (Å²) < 4.78 is 5.33. The molecule has 2 aromatic rings. The molecule has 0 radical (unpaired) electrons. The molecule has 1 saturated heterocycles.